The number of benzene rings is 5. The molecule has 2 aliphatic rings. The number of para-hydroxylation sites is 1. The molecule has 0 bridgehead atoms. The van der Waals surface area contributed by atoms with Crippen molar-refractivity contribution in [2.24, 2.45) is 0 Å². The van der Waals surface area contributed by atoms with Crippen LogP contribution in [0.25, 0.3) is 11.1 Å². The number of rotatable bonds is 16. The van der Waals surface area contributed by atoms with Gasteiger partial charge in [0.25, 0.3) is 0 Å². The van der Waals surface area contributed by atoms with E-state index >= 15 is 0 Å². The molecule has 340 valence electrons. The fourth-order valence-corrected chi connectivity index (χ4v) is 8.21. The quantitative estimate of drug-likeness (QED) is 0.0882. The third-order valence-corrected chi connectivity index (χ3v) is 11.8. The summed E-state index contributed by atoms with van der Waals surface area (Å²) in [7, 11) is 4.73. The molecular weight excluding hydrogens is 835 g/mol. The number of nitrogens with zero attached hydrogens (tertiary/aromatic N) is 3. The van der Waals surface area contributed by atoms with Crippen molar-refractivity contribution in [3.63, 3.8) is 0 Å². The maximum atomic E-state index is 13.3. The van der Waals surface area contributed by atoms with Crippen molar-refractivity contribution in [1.29, 1.82) is 5.26 Å². The first-order valence-corrected chi connectivity index (χ1v) is 21.7. The number of amides is 2. The molecule has 0 saturated carbocycles. The van der Waals surface area contributed by atoms with Gasteiger partial charge in [-0.05, 0) is 59.9 Å². The normalized spacial score (nSPS) is 16.0. The molecule has 7 rings (SSSR count). The number of methoxy groups -OCH3 is 3. The lowest BCUT2D eigenvalue weighted by atomic mass is 9.83. The van der Waals surface area contributed by atoms with Crippen molar-refractivity contribution in [1.82, 2.24) is 9.80 Å². The van der Waals surface area contributed by atoms with Crippen molar-refractivity contribution in [3.8, 4) is 22.9 Å². The van der Waals surface area contributed by atoms with E-state index in [9.17, 15) is 19.2 Å². The first-order valence-electron chi connectivity index (χ1n) is 21.7. The molecule has 2 atom stereocenters. The highest BCUT2D eigenvalue weighted by atomic mass is 16.5. The standard InChI is InChI=1S/C29H29NO4.C25H26N2O5/c1-21-28(29(32)34-20-22-9-5-3-6-10-22)26(19-27(31)30(21)17-18-33-2)25-15-13-24(14-16-25)23-11-7-4-8-12-23;1-17-24(25(29)32-16-20-6-4-5-7-22(20)31-3)21(14-23(28)27(17)12-13-30-2)19-10-8-18(15-26)9-11-19/h3-16,26H,17-20H2,1-2H3;4-11,21H,12-14,16H2,1-3H3. The summed E-state index contributed by atoms with van der Waals surface area (Å²) in [6.45, 7) is 5.30. The Morgan fingerprint density at radius 2 is 1.05 bits per heavy atom. The summed E-state index contributed by atoms with van der Waals surface area (Å²) in [4.78, 5) is 55.7. The van der Waals surface area contributed by atoms with E-state index in [0.29, 0.717) is 60.2 Å². The molecule has 2 aliphatic heterocycles. The van der Waals surface area contributed by atoms with E-state index in [-0.39, 0.29) is 43.8 Å². The Morgan fingerprint density at radius 3 is 1.55 bits per heavy atom. The van der Waals surface area contributed by atoms with Gasteiger partial charge in [0.15, 0.2) is 0 Å². The number of ether oxygens (including phenoxy) is 5. The van der Waals surface area contributed by atoms with Crippen molar-refractivity contribution < 1.29 is 42.9 Å². The monoisotopic (exact) mass is 889 g/mol. The van der Waals surface area contributed by atoms with E-state index in [1.807, 2.05) is 97.9 Å². The van der Waals surface area contributed by atoms with E-state index in [1.54, 1.807) is 68.4 Å². The first-order chi connectivity index (χ1) is 32.1. The molecule has 0 fully saturated rings. The molecule has 5 aromatic rings. The minimum absolute atomic E-state index is 0.0219. The van der Waals surface area contributed by atoms with E-state index in [1.165, 1.54) is 0 Å². The molecule has 0 aliphatic carbocycles. The summed E-state index contributed by atoms with van der Waals surface area (Å²) in [5, 5.41) is 9.08. The summed E-state index contributed by atoms with van der Waals surface area (Å²) >= 11 is 0. The highest BCUT2D eigenvalue weighted by Crippen LogP contribution is 2.39. The van der Waals surface area contributed by atoms with Crippen LogP contribution in [-0.2, 0) is 51.3 Å². The number of esters is 2. The molecule has 66 heavy (non-hydrogen) atoms. The molecule has 2 heterocycles. The van der Waals surface area contributed by atoms with Crippen LogP contribution in [-0.4, -0.2) is 81.2 Å². The summed E-state index contributed by atoms with van der Waals surface area (Å²) < 4.78 is 27.0. The van der Waals surface area contributed by atoms with Crippen LogP contribution in [0.3, 0.4) is 0 Å². The Labute approximate surface area is 386 Å². The van der Waals surface area contributed by atoms with Crippen LogP contribution in [0.15, 0.2) is 156 Å². The fraction of sp³-hybridized carbons (Fsp3) is 0.278. The zero-order valence-electron chi connectivity index (χ0n) is 38.0. The van der Waals surface area contributed by atoms with Crippen LogP contribution in [0.1, 0.15) is 66.3 Å². The predicted octanol–water partition coefficient (Wildman–Crippen LogP) is 8.88. The van der Waals surface area contributed by atoms with Gasteiger partial charge in [0.1, 0.15) is 19.0 Å². The number of hydrogen-bond acceptors (Lipinski definition) is 10. The maximum absolute atomic E-state index is 13.3. The lowest BCUT2D eigenvalue weighted by molar-refractivity contribution is -0.143. The molecule has 12 heteroatoms. The van der Waals surface area contributed by atoms with Crippen LogP contribution in [0, 0.1) is 11.3 Å². The van der Waals surface area contributed by atoms with Crippen LogP contribution in [0.5, 0.6) is 5.75 Å². The van der Waals surface area contributed by atoms with Crippen molar-refractivity contribution in [3.05, 3.63) is 184 Å². The second-order valence-electron chi connectivity index (χ2n) is 15.8. The van der Waals surface area contributed by atoms with E-state index in [2.05, 4.69) is 18.2 Å². The van der Waals surface area contributed by atoms with Gasteiger partial charge in [-0.3, -0.25) is 9.59 Å². The van der Waals surface area contributed by atoms with Crippen molar-refractivity contribution in [2.75, 3.05) is 47.6 Å². The smallest absolute Gasteiger partial charge is 0.336 e. The van der Waals surface area contributed by atoms with E-state index in [0.717, 1.165) is 33.4 Å². The molecule has 0 saturated heterocycles. The van der Waals surface area contributed by atoms with Crippen LogP contribution < -0.4 is 4.74 Å². The molecule has 2 amide bonds. The fourth-order valence-electron chi connectivity index (χ4n) is 8.21. The lowest BCUT2D eigenvalue weighted by Gasteiger charge is -2.34. The molecule has 2 unspecified atom stereocenters. The first kappa shape index (κ1) is 48.1. The van der Waals surface area contributed by atoms with Crippen LogP contribution >= 0.6 is 0 Å². The average Bonchev–Trinajstić information content (AvgIpc) is 3.35. The molecule has 0 spiro atoms. The highest BCUT2D eigenvalue weighted by Gasteiger charge is 2.38. The Bertz CT molecular complexity index is 2570. The molecule has 5 aromatic carbocycles. The van der Waals surface area contributed by atoms with Gasteiger partial charge < -0.3 is 33.5 Å². The molecule has 0 aromatic heterocycles. The summed E-state index contributed by atoms with van der Waals surface area (Å²) in [5.41, 5.74) is 8.23. The highest BCUT2D eigenvalue weighted by molar-refractivity contribution is 5.97. The van der Waals surface area contributed by atoms with Gasteiger partial charge in [0, 0.05) is 68.9 Å². The Morgan fingerprint density at radius 1 is 0.591 bits per heavy atom. The number of hydrogen-bond donors (Lipinski definition) is 0. The molecule has 0 N–H and O–H groups in total. The van der Waals surface area contributed by atoms with Crippen molar-refractivity contribution >= 4 is 23.8 Å². The summed E-state index contributed by atoms with van der Waals surface area (Å²) in [5.74, 6) is -1.18. The third kappa shape index (κ3) is 11.9. The average molecular weight is 890 g/mol. The SMILES string of the molecule is COCCN1C(=O)CC(c2ccc(-c3ccccc3)cc2)C(C(=O)OCc2ccccc2)=C1C.COCCN1C(=O)CC(c2ccc(C#N)cc2)C(C(=O)OCc2ccccc2OC)=C1C. The molecule has 0 radical (unpaired) electrons. The van der Waals surface area contributed by atoms with Gasteiger partial charge in [-0.25, -0.2) is 9.59 Å². The minimum atomic E-state index is -0.488. The number of nitriles is 1. The van der Waals surface area contributed by atoms with Gasteiger partial charge in [-0.2, -0.15) is 5.26 Å². The summed E-state index contributed by atoms with van der Waals surface area (Å²) in [6, 6.07) is 44.1. The Balaban J connectivity index is 0.000000219. The second-order valence-corrected chi connectivity index (χ2v) is 15.8. The largest absolute Gasteiger partial charge is 0.496 e. The zero-order valence-corrected chi connectivity index (χ0v) is 38.0. The number of carbonyl (C=O) groups is 4. The summed E-state index contributed by atoms with van der Waals surface area (Å²) in [6.07, 6.45) is 0.341. The van der Waals surface area contributed by atoms with Gasteiger partial charge >= 0.3 is 11.9 Å². The van der Waals surface area contributed by atoms with E-state index in [4.69, 9.17) is 28.9 Å². The number of carbonyl (C=O) groups excluding carboxylic acids is 4. The third-order valence-electron chi connectivity index (χ3n) is 11.8. The van der Waals surface area contributed by atoms with E-state index < -0.39 is 17.9 Å². The van der Waals surface area contributed by atoms with Gasteiger partial charge in [0.05, 0.1) is 43.1 Å². The van der Waals surface area contributed by atoms with Gasteiger partial charge in [0.2, 0.25) is 11.8 Å². The second kappa shape index (κ2) is 23.6. The molecule has 12 nitrogen and oxygen atoms in total. The topological polar surface area (TPSA) is 145 Å². The number of allylic oxidation sites excluding steroid dienone is 2. The van der Waals surface area contributed by atoms with Crippen molar-refractivity contribution in [2.45, 2.75) is 51.7 Å². The lowest BCUT2D eigenvalue weighted by Crippen LogP contribution is -2.40. The minimum Gasteiger partial charge on any atom is -0.496 e. The Kier molecular flexibility index (Phi) is 17.2. The predicted molar refractivity (Wildman–Crippen MR) is 249 cm³/mol. The zero-order chi connectivity index (χ0) is 47.0. The Hall–Kier alpha value is -7.33. The van der Waals surface area contributed by atoms with Crippen LogP contribution in [0.4, 0.5) is 0 Å². The van der Waals surface area contributed by atoms with Gasteiger partial charge in [-0.15, -0.1) is 0 Å². The maximum Gasteiger partial charge on any atom is 0.336 e. The van der Waals surface area contributed by atoms with Crippen LogP contribution in [0.2, 0.25) is 0 Å². The molecular formula is C54H55N3O9. The van der Waals surface area contributed by atoms with Gasteiger partial charge in [-0.1, -0.05) is 115 Å².